The summed E-state index contributed by atoms with van der Waals surface area (Å²) in [6.45, 7) is 2.82. The van der Waals surface area contributed by atoms with Gasteiger partial charge in [0.1, 0.15) is 6.54 Å². The van der Waals surface area contributed by atoms with Crippen molar-refractivity contribution in [1.29, 1.82) is 0 Å². The van der Waals surface area contributed by atoms with Crippen molar-refractivity contribution in [2.45, 2.75) is 26.3 Å². The van der Waals surface area contributed by atoms with Crippen LogP contribution in [0.1, 0.15) is 18.4 Å². The lowest BCUT2D eigenvalue weighted by Gasteiger charge is -2.03. The van der Waals surface area contributed by atoms with Crippen LogP contribution in [0.15, 0.2) is 36.5 Å². The zero-order valence-electron chi connectivity index (χ0n) is 10.9. The lowest BCUT2D eigenvalue weighted by atomic mass is 10.1. The van der Waals surface area contributed by atoms with Crippen LogP contribution in [0.3, 0.4) is 0 Å². The summed E-state index contributed by atoms with van der Waals surface area (Å²) in [7, 11) is -3.84. The van der Waals surface area contributed by atoms with E-state index in [-0.39, 0.29) is 5.75 Å². The topological polar surface area (TPSA) is 58.2 Å². The third kappa shape index (κ3) is 3.75. The number of hydrogen-bond donors (Lipinski definition) is 1. The molecule has 2 aromatic rings. The lowest BCUT2D eigenvalue weighted by Crippen LogP contribution is -2.34. The number of rotatable bonds is 5. The van der Waals surface area contributed by atoms with Gasteiger partial charge in [0.15, 0.2) is 6.20 Å². The van der Waals surface area contributed by atoms with Crippen molar-refractivity contribution < 1.29 is 17.5 Å². The smallest absolute Gasteiger partial charge is 0.264 e. The molecule has 0 aliphatic carbocycles. The van der Waals surface area contributed by atoms with Crippen LogP contribution in [0.2, 0.25) is 0 Å². The number of para-hydroxylation sites is 1. The molecule has 1 heterocycles. The summed E-state index contributed by atoms with van der Waals surface area (Å²) in [5, 5.41) is 1.21. The maximum Gasteiger partial charge on any atom is 0.264 e. The van der Waals surface area contributed by atoms with E-state index in [2.05, 4.69) is 29.7 Å². The molecule has 0 atom stereocenters. The van der Waals surface area contributed by atoms with E-state index in [1.54, 1.807) is 0 Å². The summed E-state index contributed by atoms with van der Waals surface area (Å²) < 4.78 is 32.1. The molecule has 0 amide bonds. The molecule has 1 aromatic carbocycles. The molecule has 19 heavy (non-hydrogen) atoms. The number of unbranched alkanes of at least 4 members (excludes halogenated alkanes) is 1. The summed E-state index contributed by atoms with van der Waals surface area (Å²) in [4.78, 5) is 0. The van der Waals surface area contributed by atoms with E-state index in [1.807, 2.05) is 18.3 Å². The number of fused-ring (bicyclic) bond motifs is 1. The summed E-state index contributed by atoms with van der Waals surface area (Å²) in [6, 6.07) is 10.2. The Labute approximate surface area is 113 Å². The predicted octanol–water partition coefficient (Wildman–Crippen LogP) is 2.10. The summed E-state index contributed by atoms with van der Waals surface area (Å²) >= 11 is 0. The Balaban J connectivity index is 2.11. The Hall–Kier alpha value is -1.46. The summed E-state index contributed by atoms with van der Waals surface area (Å²) in [5.74, 6) is -0.169. The first kappa shape index (κ1) is 14.0. The van der Waals surface area contributed by atoms with Gasteiger partial charge in [0.2, 0.25) is 5.52 Å². The van der Waals surface area contributed by atoms with E-state index in [9.17, 15) is 8.42 Å². The first-order valence-electron chi connectivity index (χ1n) is 6.30. The van der Waals surface area contributed by atoms with Gasteiger partial charge in [0.25, 0.3) is 10.1 Å². The lowest BCUT2D eigenvalue weighted by molar-refractivity contribution is -0.671. The zero-order chi connectivity index (χ0) is 13.9. The fourth-order valence-electron chi connectivity index (χ4n) is 2.19. The molecule has 0 fully saturated rings. The van der Waals surface area contributed by atoms with Gasteiger partial charge in [-0.05, 0) is 25.0 Å². The van der Waals surface area contributed by atoms with E-state index >= 15 is 0 Å². The highest BCUT2D eigenvalue weighted by molar-refractivity contribution is 7.85. The first-order valence-corrected chi connectivity index (χ1v) is 7.91. The fourth-order valence-corrected chi connectivity index (χ4v) is 2.76. The first-order chi connectivity index (χ1) is 8.97. The molecule has 0 unspecified atom stereocenters. The molecule has 0 aliphatic heterocycles. The van der Waals surface area contributed by atoms with Crippen molar-refractivity contribution >= 4 is 21.0 Å². The molecule has 0 spiro atoms. The highest BCUT2D eigenvalue weighted by Crippen LogP contribution is 2.13. The SMILES string of the molecule is Cc1cc[n+](CCCCS(=O)(=O)O)c2ccccc12. The second-order valence-corrected chi connectivity index (χ2v) is 6.27. The van der Waals surface area contributed by atoms with Crippen molar-refractivity contribution in [3.63, 3.8) is 0 Å². The van der Waals surface area contributed by atoms with Crippen LogP contribution in [-0.4, -0.2) is 18.7 Å². The van der Waals surface area contributed by atoms with Crippen molar-refractivity contribution in [1.82, 2.24) is 0 Å². The summed E-state index contributed by atoms with van der Waals surface area (Å²) in [6.07, 6.45) is 3.21. The maximum absolute atomic E-state index is 10.6. The van der Waals surface area contributed by atoms with Crippen LogP contribution in [0, 0.1) is 6.92 Å². The largest absolute Gasteiger partial charge is 0.286 e. The molecular formula is C14H18NO3S+. The van der Waals surface area contributed by atoms with Gasteiger partial charge in [0.05, 0.1) is 5.75 Å². The van der Waals surface area contributed by atoms with E-state index in [0.717, 1.165) is 18.5 Å². The standard InChI is InChI=1S/C14H17NO3S/c1-12-8-10-15(9-4-5-11-19(16,17)18)14-7-3-2-6-13(12)14/h2-3,6-8,10H,4-5,9,11H2,1H3/p+1. The van der Waals surface area contributed by atoms with E-state index in [1.165, 1.54) is 10.9 Å². The number of aryl methyl sites for hydroxylation is 2. The Morgan fingerprint density at radius 3 is 2.63 bits per heavy atom. The maximum atomic E-state index is 10.6. The molecule has 0 bridgehead atoms. The second-order valence-electron chi connectivity index (χ2n) is 4.70. The van der Waals surface area contributed by atoms with E-state index < -0.39 is 10.1 Å². The van der Waals surface area contributed by atoms with Crippen LogP contribution in [0.4, 0.5) is 0 Å². The molecule has 102 valence electrons. The van der Waals surface area contributed by atoms with E-state index in [0.29, 0.717) is 6.42 Å². The monoisotopic (exact) mass is 280 g/mol. The molecule has 1 N–H and O–H groups in total. The average Bonchev–Trinajstić information content (AvgIpc) is 2.36. The van der Waals surface area contributed by atoms with Gasteiger partial charge >= 0.3 is 0 Å². The number of nitrogens with zero attached hydrogens (tertiary/aromatic N) is 1. The van der Waals surface area contributed by atoms with Gasteiger partial charge in [-0.15, -0.1) is 0 Å². The van der Waals surface area contributed by atoms with Gasteiger partial charge in [-0.1, -0.05) is 12.1 Å². The molecule has 2 rings (SSSR count). The predicted molar refractivity (Wildman–Crippen MR) is 74.5 cm³/mol. The fraction of sp³-hybridized carbons (Fsp3) is 0.357. The van der Waals surface area contributed by atoms with Gasteiger partial charge < -0.3 is 0 Å². The normalized spacial score (nSPS) is 11.9. The number of aromatic nitrogens is 1. The van der Waals surface area contributed by atoms with Gasteiger partial charge in [-0.2, -0.15) is 13.0 Å². The highest BCUT2D eigenvalue weighted by Gasteiger charge is 2.10. The minimum Gasteiger partial charge on any atom is -0.286 e. The minimum absolute atomic E-state index is 0.169. The summed E-state index contributed by atoms with van der Waals surface area (Å²) in [5.41, 5.74) is 2.37. The van der Waals surface area contributed by atoms with Crippen molar-refractivity contribution in [2.75, 3.05) is 5.75 Å². The van der Waals surface area contributed by atoms with Crippen LogP contribution in [0.5, 0.6) is 0 Å². The highest BCUT2D eigenvalue weighted by atomic mass is 32.2. The van der Waals surface area contributed by atoms with Crippen LogP contribution < -0.4 is 4.57 Å². The third-order valence-corrected chi connectivity index (χ3v) is 4.00. The zero-order valence-corrected chi connectivity index (χ0v) is 11.7. The van der Waals surface area contributed by atoms with Crippen molar-refractivity contribution in [2.24, 2.45) is 0 Å². The van der Waals surface area contributed by atoms with Crippen LogP contribution in [0.25, 0.3) is 10.9 Å². The van der Waals surface area contributed by atoms with Crippen LogP contribution >= 0.6 is 0 Å². The average molecular weight is 280 g/mol. The van der Waals surface area contributed by atoms with Crippen molar-refractivity contribution in [3.05, 3.63) is 42.1 Å². The van der Waals surface area contributed by atoms with E-state index in [4.69, 9.17) is 4.55 Å². The number of benzene rings is 1. The Morgan fingerprint density at radius 2 is 1.89 bits per heavy atom. The Bertz CT molecular complexity index is 680. The van der Waals surface area contributed by atoms with Crippen LogP contribution in [-0.2, 0) is 16.7 Å². The molecule has 1 aromatic heterocycles. The number of pyridine rings is 1. The van der Waals surface area contributed by atoms with Gasteiger partial charge in [-0.25, -0.2) is 0 Å². The molecular weight excluding hydrogens is 262 g/mol. The quantitative estimate of drug-likeness (QED) is 0.518. The minimum atomic E-state index is -3.84. The Kier molecular flexibility index (Phi) is 4.17. The third-order valence-electron chi connectivity index (χ3n) is 3.19. The molecule has 0 radical (unpaired) electrons. The molecule has 0 saturated carbocycles. The molecule has 4 nitrogen and oxygen atoms in total. The molecule has 0 saturated heterocycles. The van der Waals surface area contributed by atoms with Crippen molar-refractivity contribution in [3.8, 4) is 0 Å². The van der Waals surface area contributed by atoms with Gasteiger partial charge in [0, 0.05) is 23.9 Å². The van der Waals surface area contributed by atoms with Gasteiger partial charge in [-0.3, -0.25) is 4.55 Å². The second kappa shape index (κ2) is 5.67. The Morgan fingerprint density at radius 1 is 1.16 bits per heavy atom. The number of hydrogen-bond acceptors (Lipinski definition) is 2. The molecule has 5 heteroatoms. The molecule has 0 aliphatic rings.